The highest BCUT2D eigenvalue weighted by Gasteiger charge is 2.24. The van der Waals surface area contributed by atoms with Gasteiger partial charge in [0.25, 0.3) is 5.91 Å². The molecule has 1 saturated carbocycles. The maximum Gasteiger partial charge on any atom is 0.267 e. The number of carbonyl (C=O) groups is 1. The van der Waals surface area contributed by atoms with Crippen LogP contribution in [0.25, 0.3) is 10.9 Å². The zero-order valence-electron chi connectivity index (χ0n) is 9.51. The number of aromatic nitrogens is 1. The molecule has 2 N–H and O–H groups in total. The third-order valence-electron chi connectivity index (χ3n) is 3.16. The van der Waals surface area contributed by atoms with Gasteiger partial charge in [-0.05, 0) is 43.5 Å². The van der Waals surface area contributed by atoms with Crippen molar-refractivity contribution in [3.05, 3.63) is 35.3 Å². The number of halogens is 1. The van der Waals surface area contributed by atoms with Crippen LogP contribution < -0.4 is 5.32 Å². The Bertz CT molecular complexity index is 599. The van der Waals surface area contributed by atoms with E-state index < -0.39 is 0 Å². The number of hydrogen-bond donors (Lipinski definition) is 2. The molecule has 88 valence electrons. The van der Waals surface area contributed by atoms with Crippen molar-refractivity contribution in [2.24, 2.45) is 0 Å². The molecule has 1 amide bonds. The number of aryl methyl sites for hydroxylation is 1. The van der Waals surface area contributed by atoms with Gasteiger partial charge in [-0.25, -0.2) is 4.39 Å². The molecule has 17 heavy (non-hydrogen) atoms. The van der Waals surface area contributed by atoms with Crippen molar-refractivity contribution in [1.29, 1.82) is 0 Å². The van der Waals surface area contributed by atoms with Crippen LogP contribution in [0, 0.1) is 12.7 Å². The molecular formula is C13H13FN2O. The first-order chi connectivity index (χ1) is 8.15. The Labute approximate surface area is 98.0 Å². The topological polar surface area (TPSA) is 44.9 Å². The highest BCUT2D eigenvalue weighted by molar-refractivity contribution is 5.99. The first kappa shape index (κ1) is 10.3. The predicted octanol–water partition coefficient (Wildman–Crippen LogP) is 2.51. The molecule has 0 aliphatic heterocycles. The van der Waals surface area contributed by atoms with E-state index in [1.807, 2.05) is 0 Å². The van der Waals surface area contributed by atoms with Crippen molar-refractivity contribution in [1.82, 2.24) is 10.3 Å². The number of aromatic amines is 1. The third-order valence-corrected chi connectivity index (χ3v) is 3.16. The van der Waals surface area contributed by atoms with Gasteiger partial charge in [-0.2, -0.15) is 0 Å². The maximum absolute atomic E-state index is 13.4. The fourth-order valence-corrected chi connectivity index (χ4v) is 1.94. The second kappa shape index (κ2) is 3.58. The summed E-state index contributed by atoms with van der Waals surface area (Å²) < 4.78 is 13.4. The smallest absolute Gasteiger partial charge is 0.267 e. The van der Waals surface area contributed by atoms with E-state index in [1.54, 1.807) is 19.1 Å². The number of fused-ring (bicyclic) bond motifs is 1. The van der Waals surface area contributed by atoms with E-state index >= 15 is 0 Å². The molecule has 1 aromatic heterocycles. The van der Waals surface area contributed by atoms with Crippen molar-refractivity contribution < 1.29 is 9.18 Å². The van der Waals surface area contributed by atoms with Crippen LogP contribution in [0.15, 0.2) is 18.2 Å². The Morgan fingerprint density at radius 3 is 2.94 bits per heavy atom. The lowest BCUT2D eigenvalue weighted by Crippen LogP contribution is -2.25. The second-order valence-corrected chi connectivity index (χ2v) is 4.56. The Morgan fingerprint density at radius 2 is 2.24 bits per heavy atom. The van der Waals surface area contributed by atoms with E-state index in [1.165, 1.54) is 6.07 Å². The fraction of sp³-hybridized carbons (Fsp3) is 0.308. The van der Waals surface area contributed by atoms with Gasteiger partial charge in [0.05, 0.1) is 0 Å². The monoisotopic (exact) mass is 232 g/mol. The number of benzene rings is 1. The Kier molecular flexibility index (Phi) is 2.18. The molecule has 3 nitrogen and oxygen atoms in total. The van der Waals surface area contributed by atoms with E-state index in [-0.39, 0.29) is 11.7 Å². The van der Waals surface area contributed by atoms with Gasteiger partial charge in [0, 0.05) is 16.9 Å². The number of carbonyl (C=O) groups excluding carboxylic acids is 1. The predicted molar refractivity (Wildman–Crippen MR) is 63.5 cm³/mol. The number of hydrogen-bond acceptors (Lipinski definition) is 1. The quantitative estimate of drug-likeness (QED) is 0.821. The van der Waals surface area contributed by atoms with Crippen LogP contribution in [-0.2, 0) is 0 Å². The Balaban J connectivity index is 2.00. The second-order valence-electron chi connectivity index (χ2n) is 4.56. The van der Waals surface area contributed by atoms with E-state index in [4.69, 9.17) is 0 Å². The summed E-state index contributed by atoms with van der Waals surface area (Å²) in [6.07, 6.45) is 2.11. The molecule has 3 rings (SSSR count). The molecule has 0 unspecified atom stereocenters. The number of H-pyrrole nitrogens is 1. The first-order valence-corrected chi connectivity index (χ1v) is 5.74. The van der Waals surface area contributed by atoms with Crippen molar-refractivity contribution in [3.63, 3.8) is 0 Å². The fourth-order valence-electron chi connectivity index (χ4n) is 1.94. The molecule has 2 aromatic rings. The molecule has 0 atom stereocenters. The summed E-state index contributed by atoms with van der Waals surface area (Å²) >= 11 is 0. The zero-order chi connectivity index (χ0) is 12.0. The highest BCUT2D eigenvalue weighted by Crippen LogP contribution is 2.23. The summed E-state index contributed by atoms with van der Waals surface area (Å²) in [4.78, 5) is 14.8. The van der Waals surface area contributed by atoms with Gasteiger partial charge in [0.15, 0.2) is 0 Å². The average molecular weight is 232 g/mol. The van der Waals surface area contributed by atoms with E-state index in [0.29, 0.717) is 17.3 Å². The van der Waals surface area contributed by atoms with Crippen molar-refractivity contribution >= 4 is 16.8 Å². The van der Waals surface area contributed by atoms with Crippen LogP contribution in [0.4, 0.5) is 4.39 Å². The normalized spacial score (nSPS) is 15.2. The summed E-state index contributed by atoms with van der Waals surface area (Å²) in [5, 5.41) is 3.67. The highest BCUT2D eigenvalue weighted by atomic mass is 19.1. The van der Waals surface area contributed by atoms with Gasteiger partial charge in [0.1, 0.15) is 11.5 Å². The lowest BCUT2D eigenvalue weighted by molar-refractivity contribution is 0.0947. The van der Waals surface area contributed by atoms with Crippen molar-refractivity contribution in [2.75, 3.05) is 0 Å². The van der Waals surface area contributed by atoms with Crippen LogP contribution >= 0.6 is 0 Å². The minimum absolute atomic E-state index is 0.108. The lowest BCUT2D eigenvalue weighted by Gasteiger charge is -1.98. The first-order valence-electron chi connectivity index (χ1n) is 5.74. The molecule has 0 spiro atoms. The number of amides is 1. The van der Waals surface area contributed by atoms with Crippen LogP contribution in [0.3, 0.4) is 0 Å². The maximum atomic E-state index is 13.4. The SMILES string of the molecule is Cc1c(F)ccc2[nH]c(C(=O)NC3CC3)cc12. The largest absolute Gasteiger partial charge is 0.351 e. The molecule has 1 aliphatic carbocycles. The van der Waals surface area contributed by atoms with Crippen LogP contribution in [0.5, 0.6) is 0 Å². The van der Waals surface area contributed by atoms with E-state index in [9.17, 15) is 9.18 Å². The van der Waals surface area contributed by atoms with Gasteiger partial charge in [-0.1, -0.05) is 0 Å². The standard InChI is InChI=1S/C13H13FN2O/c1-7-9-6-12(13(17)15-8-2-3-8)16-11(9)5-4-10(7)14/h4-6,8,16H,2-3H2,1H3,(H,15,17). The van der Waals surface area contributed by atoms with Gasteiger partial charge in [0.2, 0.25) is 0 Å². The summed E-state index contributed by atoms with van der Waals surface area (Å²) in [5.74, 6) is -0.353. The van der Waals surface area contributed by atoms with Gasteiger partial charge >= 0.3 is 0 Å². The van der Waals surface area contributed by atoms with E-state index in [0.717, 1.165) is 23.7 Å². The van der Waals surface area contributed by atoms with Crippen LogP contribution in [0.1, 0.15) is 28.9 Å². The summed E-state index contributed by atoms with van der Waals surface area (Å²) in [6.45, 7) is 1.72. The molecule has 1 heterocycles. The molecule has 0 saturated heterocycles. The third kappa shape index (κ3) is 1.79. The number of rotatable bonds is 2. The summed E-state index contributed by atoms with van der Waals surface area (Å²) in [6, 6.07) is 5.11. The van der Waals surface area contributed by atoms with Crippen LogP contribution in [0.2, 0.25) is 0 Å². The average Bonchev–Trinajstić information content (AvgIpc) is 3.00. The van der Waals surface area contributed by atoms with Crippen molar-refractivity contribution in [2.45, 2.75) is 25.8 Å². The molecule has 1 fully saturated rings. The zero-order valence-corrected chi connectivity index (χ0v) is 9.51. The van der Waals surface area contributed by atoms with Gasteiger partial charge < -0.3 is 10.3 Å². The molecular weight excluding hydrogens is 219 g/mol. The Morgan fingerprint density at radius 1 is 1.47 bits per heavy atom. The molecule has 1 aliphatic rings. The van der Waals surface area contributed by atoms with Gasteiger partial charge in [-0.15, -0.1) is 0 Å². The van der Waals surface area contributed by atoms with E-state index in [2.05, 4.69) is 10.3 Å². The molecule has 4 heteroatoms. The minimum atomic E-state index is -0.245. The molecule has 0 bridgehead atoms. The van der Waals surface area contributed by atoms with Crippen molar-refractivity contribution in [3.8, 4) is 0 Å². The molecule has 1 aromatic carbocycles. The number of nitrogens with one attached hydrogen (secondary N) is 2. The van der Waals surface area contributed by atoms with Crippen LogP contribution in [-0.4, -0.2) is 16.9 Å². The van der Waals surface area contributed by atoms with Gasteiger partial charge in [-0.3, -0.25) is 4.79 Å². The molecule has 0 radical (unpaired) electrons. The lowest BCUT2D eigenvalue weighted by atomic mass is 10.1. The summed E-state index contributed by atoms with van der Waals surface area (Å²) in [5.41, 5.74) is 1.87. The summed E-state index contributed by atoms with van der Waals surface area (Å²) in [7, 11) is 0. The minimum Gasteiger partial charge on any atom is -0.351 e. The Hall–Kier alpha value is -1.84.